The molecule has 2 rings (SSSR count). The van der Waals surface area contributed by atoms with Crippen LogP contribution in [0, 0.1) is 19.8 Å². The van der Waals surface area contributed by atoms with Gasteiger partial charge in [-0.3, -0.25) is 0 Å². The summed E-state index contributed by atoms with van der Waals surface area (Å²) in [4.78, 5) is 0. The molecule has 0 N–H and O–H groups in total. The molecule has 6 nitrogen and oxygen atoms in total. The molecule has 2 aromatic heterocycles. The molecular weight excluding hydrogens is 368 g/mol. The van der Waals surface area contributed by atoms with E-state index in [4.69, 9.17) is 14.0 Å². The molecule has 2 aromatic rings. The highest BCUT2D eigenvalue weighted by Crippen LogP contribution is 2.28. The molecule has 2 heterocycles. The van der Waals surface area contributed by atoms with E-state index in [1.54, 1.807) is 12.3 Å². The van der Waals surface area contributed by atoms with Crippen LogP contribution in [0.2, 0.25) is 0 Å². The summed E-state index contributed by atoms with van der Waals surface area (Å²) in [6.07, 6.45) is 7.00. The molecule has 0 aliphatic rings. The largest absolute Gasteiger partial charge is 0.381 e. The van der Waals surface area contributed by atoms with E-state index >= 15 is 0 Å². The van der Waals surface area contributed by atoms with Crippen LogP contribution < -0.4 is 0 Å². The van der Waals surface area contributed by atoms with Crippen molar-refractivity contribution in [1.29, 1.82) is 0 Å². The fraction of sp³-hybridized carbons (Fsp3) is 0.739. The van der Waals surface area contributed by atoms with Gasteiger partial charge in [0.15, 0.2) is 0 Å². The van der Waals surface area contributed by atoms with Crippen molar-refractivity contribution in [2.24, 2.45) is 5.92 Å². The molecule has 0 atom stereocenters. The maximum absolute atomic E-state index is 5.69. The number of nitrogens with zero attached hydrogens (tertiary/aromatic N) is 2. The van der Waals surface area contributed by atoms with Gasteiger partial charge in [0, 0.05) is 44.0 Å². The van der Waals surface area contributed by atoms with Gasteiger partial charge in [0.05, 0.1) is 11.4 Å². The van der Waals surface area contributed by atoms with Crippen molar-refractivity contribution in [3.63, 3.8) is 0 Å². The summed E-state index contributed by atoms with van der Waals surface area (Å²) in [7, 11) is 0. The Morgan fingerprint density at radius 3 is 2.07 bits per heavy atom. The van der Waals surface area contributed by atoms with Gasteiger partial charge in [-0.15, -0.1) is 0 Å². The second-order valence-corrected chi connectivity index (χ2v) is 8.58. The summed E-state index contributed by atoms with van der Waals surface area (Å²) < 4.78 is 21.1. The Balaban J connectivity index is 0.000000594. The highest BCUT2D eigenvalue weighted by molar-refractivity contribution is 5.12. The third-order valence-electron chi connectivity index (χ3n) is 4.60. The van der Waals surface area contributed by atoms with E-state index < -0.39 is 0 Å². The van der Waals surface area contributed by atoms with Crippen molar-refractivity contribution in [1.82, 2.24) is 10.3 Å². The summed E-state index contributed by atoms with van der Waals surface area (Å²) in [5.74, 6) is 1.73. The van der Waals surface area contributed by atoms with Crippen LogP contribution in [-0.4, -0.2) is 36.7 Å². The third kappa shape index (κ3) is 12.5. The Hall–Kier alpha value is -1.66. The van der Waals surface area contributed by atoms with E-state index in [0.29, 0.717) is 0 Å². The van der Waals surface area contributed by atoms with E-state index in [2.05, 4.69) is 42.5 Å². The van der Waals surface area contributed by atoms with Crippen LogP contribution in [0.15, 0.2) is 27.4 Å². The lowest BCUT2D eigenvalue weighted by molar-refractivity contribution is 0.0770. The Labute approximate surface area is 176 Å². The molecule has 0 unspecified atom stereocenters. The first kappa shape index (κ1) is 25.4. The second-order valence-electron chi connectivity index (χ2n) is 8.58. The van der Waals surface area contributed by atoms with Gasteiger partial charge >= 0.3 is 0 Å². The molecule has 0 saturated heterocycles. The molecule has 6 heteroatoms. The van der Waals surface area contributed by atoms with Crippen molar-refractivity contribution in [2.75, 3.05) is 26.4 Å². The van der Waals surface area contributed by atoms with E-state index in [1.807, 2.05) is 19.9 Å². The van der Waals surface area contributed by atoms with Crippen molar-refractivity contribution >= 4 is 0 Å². The lowest BCUT2D eigenvalue weighted by Crippen LogP contribution is -2.17. The number of ether oxygens (including phenoxy) is 2. The Morgan fingerprint density at radius 2 is 1.59 bits per heavy atom. The molecule has 0 amide bonds. The molecular formula is C23H40N2O4. The average Bonchev–Trinajstić information content (AvgIpc) is 3.31. The van der Waals surface area contributed by atoms with Crippen LogP contribution in [0.3, 0.4) is 0 Å². The monoisotopic (exact) mass is 408 g/mol. The van der Waals surface area contributed by atoms with Crippen molar-refractivity contribution in [3.8, 4) is 0 Å². The Bertz CT molecular complexity index is 621. The first-order valence-electron chi connectivity index (χ1n) is 10.8. The average molecular weight is 409 g/mol. The zero-order valence-corrected chi connectivity index (χ0v) is 19.2. The molecule has 0 aliphatic heterocycles. The van der Waals surface area contributed by atoms with E-state index in [-0.39, 0.29) is 5.41 Å². The van der Waals surface area contributed by atoms with Gasteiger partial charge in [-0.25, -0.2) is 0 Å². The van der Waals surface area contributed by atoms with E-state index in [9.17, 15) is 0 Å². The normalized spacial score (nSPS) is 11.6. The maximum atomic E-state index is 5.69. The van der Waals surface area contributed by atoms with Crippen LogP contribution in [0.4, 0.5) is 0 Å². The van der Waals surface area contributed by atoms with E-state index in [0.717, 1.165) is 75.2 Å². The lowest BCUT2D eigenvalue weighted by Gasteiger charge is -2.20. The minimum atomic E-state index is 0.0180. The Morgan fingerprint density at radius 1 is 0.931 bits per heavy atom. The minimum absolute atomic E-state index is 0.0180. The van der Waals surface area contributed by atoms with E-state index in [1.165, 1.54) is 6.42 Å². The van der Waals surface area contributed by atoms with Crippen molar-refractivity contribution in [2.45, 2.75) is 79.1 Å². The fourth-order valence-electron chi connectivity index (χ4n) is 2.76. The number of hydrogen-bond acceptors (Lipinski definition) is 6. The van der Waals surface area contributed by atoms with Crippen LogP contribution in [0.25, 0.3) is 0 Å². The van der Waals surface area contributed by atoms with Gasteiger partial charge < -0.3 is 18.5 Å². The summed E-state index contributed by atoms with van der Waals surface area (Å²) in [6, 6.07) is 3.83. The quantitative estimate of drug-likeness (QED) is 0.385. The van der Waals surface area contributed by atoms with Crippen LogP contribution in [0.1, 0.15) is 76.9 Å². The number of rotatable bonds is 13. The third-order valence-corrected chi connectivity index (χ3v) is 4.60. The second kappa shape index (κ2) is 14.3. The molecule has 0 bridgehead atoms. The smallest absolute Gasteiger partial charge is 0.142 e. The summed E-state index contributed by atoms with van der Waals surface area (Å²) in [5.41, 5.74) is 1.89. The first-order chi connectivity index (χ1) is 13.8. The summed E-state index contributed by atoms with van der Waals surface area (Å²) in [5, 5.41) is 7.51. The standard InChI is InChI=1S/C19H35NO3.C4H5NO/c1-16(2)9-6-11-21-13-8-14-22-12-7-10-19(4,5)18-15-17(3)20-23-18;1-4-2-3-6-5-4/h15-16H,6-14H2,1-5H3;2-3H,1H3. The van der Waals surface area contributed by atoms with Crippen LogP contribution in [-0.2, 0) is 14.9 Å². The maximum Gasteiger partial charge on any atom is 0.142 e. The lowest BCUT2D eigenvalue weighted by atomic mass is 9.85. The molecule has 0 aromatic carbocycles. The molecule has 29 heavy (non-hydrogen) atoms. The first-order valence-corrected chi connectivity index (χ1v) is 10.8. The molecule has 0 aliphatic carbocycles. The van der Waals surface area contributed by atoms with Gasteiger partial charge in [0.25, 0.3) is 0 Å². The van der Waals surface area contributed by atoms with Gasteiger partial charge in [0.1, 0.15) is 12.0 Å². The molecule has 0 saturated carbocycles. The SMILES string of the molecule is Cc1cc(C(C)(C)CCCOCCCOCCCC(C)C)on1.Cc1ccon1. The zero-order valence-electron chi connectivity index (χ0n) is 19.2. The van der Waals surface area contributed by atoms with Crippen molar-refractivity contribution < 1.29 is 18.5 Å². The fourth-order valence-corrected chi connectivity index (χ4v) is 2.76. The summed E-state index contributed by atoms with van der Waals surface area (Å²) in [6.45, 7) is 16.0. The van der Waals surface area contributed by atoms with Gasteiger partial charge in [-0.1, -0.05) is 38.0 Å². The van der Waals surface area contributed by atoms with Gasteiger partial charge in [0.2, 0.25) is 0 Å². The van der Waals surface area contributed by atoms with Crippen molar-refractivity contribution in [3.05, 3.63) is 35.5 Å². The minimum Gasteiger partial charge on any atom is -0.381 e. The number of aryl methyl sites for hydroxylation is 2. The number of hydrogen-bond donors (Lipinski definition) is 0. The molecule has 166 valence electrons. The molecule has 0 fully saturated rings. The number of aromatic nitrogens is 2. The predicted molar refractivity (Wildman–Crippen MR) is 115 cm³/mol. The van der Waals surface area contributed by atoms with Crippen LogP contribution >= 0.6 is 0 Å². The topological polar surface area (TPSA) is 70.5 Å². The summed E-state index contributed by atoms with van der Waals surface area (Å²) >= 11 is 0. The predicted octanol–water partition coefficient (Wildman–Crippen LogP) is 5.88. The highest BCUT2D eigenvalue weighted by atomic mass is 16.5. The van der Waals surface area contributed by atoms with Crippen LogP contribution in [0.5, 0.6) is 0 Å². The van der Waals surface area contributed by atoms with Gasteiger partial charge in [-0.2, -0.15) is 0 Å². The highest BCUT2D eigenvalue weighted by Gasteiger charge is 2.24. The molecule has 0 radical (unpaired) electrons. The van der Waals surface area contributed by atoms with Gasteiger partial charge in [-0.05, 0) is 51.9 Å². The Kier molecular flexibility index (Phi) is 12.6. The molecule has 0 spiro atoms. The zero-order chi connectivity index (χ0) is 21.5.